The van der Waals surface area contributed by atoms with Gasteiger partial charge in [0.15, 0.2) is 0 Å². The van der Waals surface area contributed by atoms with Crippen molar-refractivity contribution in [3.63, 3.8) is 0 Å². The van der Waals surface area contributed by atoms with E-state index in [1.165, 1.54) is 30.3 Å². The zero-order chi connectivity index (χ0) is 35.1. The summed E-state index contributed by atoms with van der Waals surface area (Å²) >= 11 is 6.49. The lowest BCUT2D eigenvalue weighted by Crippen LogP contribution is -2.46. The number of hydrogen-bond acceptors (Lipinski definition) is 6. The van der Waals surface area contributed by atoms with Crippen molar-refractivity contribution in [1.82, 2.24) is 14.7 Å². The van der Waals surface area contributed by atoms with E-state index < -0.39 is 40.8 Å². The molecule has 3 fully saturated rings. The van der Waals surface area contributed by atoms with Gasteiger partial charge >= 0.3 is 12.1 Å². The van der Waals surface area contributed by atoms with Crippen LogP contribution >= 0.6 is 11.6 Å². The summed E-state index contributed by atoms with van der Waals surface area (Å²) in [5, 5.41) is 4.38. The van der Waals surface area contributed by atoms with E-state index in [4.69, 9.17) is 21.1 Å². The van der Waals surface area contributed by atoms with Gasteiger partial charge in [0.1, 0.15) is 11.4 Å². The standard InChI is InChI=1S/C36H36ClF4N3O5/c1-33(2,3)49-32(47)21-8-9-22(26(38)15-21)29-23-10-7-20(30(45)43-14-13-34(17-43)18-48-19-34)16-27(23)44(42-29)31(46)28-24(5-4-6-25(28)37)35(11-12-35)36(39,40)41/h4-6,8-9,15,20H,7,10-14,16-19H2,1-3H3. The molecule has 3 aromatic rings. The molecule has 1 spiro atoms. The van der Waals surface area contributed by atoms with E-state index in [1.807, 2.05) is 4.90 Å². The number of halogens is 5. The monoisotopic (exact) mass is 701 g/mol. The zero-order valence-corrected chi connectivity index (χ0v) is 28.1. The molecule has 1 aromatic heterocycles. The molecule has 260 valence electrons. The van der Waals surface area contributed by atoms with Crippen molar-refractivity contribution in [2.75, 3.05) is 26.3 Å². The molecule has 0 N–H and O–H groups in total. The van der Waals surface area contributed by atoms with E-state index in [0.29, 0.717) is 44.0 Å². The number of carbonyl (C=O) groups excluding carboxylic acids is 3. The number of carbonyl (C=O) groups is 3. The van der Waals surface area contributed by atoms with Crippen LogP contribution in [-0.2, 0) is 32.5 Å². The van der Waals surface area contributed by atoms with Gasteiger partial charge < -0.3 is 14.4 Å². The Kier molecular flexibility index (Phi) is 8.02. The lowest BCUT2D eigenvalue weighted by atomic mass is 9.84. The molecule has 2 aliphatic carbocycles. The number of benzene rings is 2. The summed E-state index contributed by atoms with van der Waals surface area (Å²) in [5.74, 6) is -2.99. The molecular weight excluding hydrogens is 666 g/mol. The fourth-order valence-electron chi connectivity index (χ4n) is 7.46. The van der Waals surface area contributed by atoms with Crippen LogP contribution in [0.2, 0.25) is 5.02 Å². The molecule has 1 atom stereocenters. The van der Waals surface area contributed by atoms with E-state index in [1.54, 1.807) is 20.8 Å². The largest absolute Gasteiger partial charge is 0.456 e. The number of aromatic nitrogens is 2. The maximum absolute atomic E-state index is 15.8. The van der Waals surface area contributed by atoms with Gasteiger partial charge in [0.25, 0.3) is 5.91 Å². The molecule has 1 unspecified atom stereocenters. The number of rotatable bonds is 5. The fraction of sp³-hybridized carbons (Fsp3) is 0.500. The van der Waals surface area contributed by atoms with Gasteiger partial charge in [0.05, 0.1) is 46.2 Å². The molecule has 13 heteroatoms. The summed E-state index contributed by atoms with van der Waals surface area (Å²) in [4.78, 5) is 42.7. The third kappa shape index (κ3) is 5.84. The van der Waals surface area contributed by atoms with Gasteiger partial charge in [-0.05, 0) is 82.7 Å². The first kappa shape index (κ1) is 33.7. The Labute approximate surface area is 285 Å². The van der Waals surface area contributed by atoms with Crippen LogP contribution in [0.5, 0.6) is 0 Å². The van der Waals surface area contributed by atoms with E-state index in [9.17, 15) is 27.6 Å². The van der Waals surface area contributed by atoms with Crippen LogP contribution in [0.25, 0.3) is 11.3 Å². The molecule has 0 bridgehead atoms. The van der Waals surface area contributed by atoms with Crippen LogP contribution in [-0.4, -0.2) is 70.5 Å². The maximum Gasteiger partial charge on any atom is 0.398 e. The van der Waals surface area contributed by atoms with Crippen molar-refractivity contribution in [3.8, 4) is 11.3 Å². The summed E-state index contributed by atoms with van der Waals surface area (Å²) in [5.41, 5.74) is -2.67. The minimum absolute atomic E-state index is 0.000287. The number of hydrogen-bond donors (Lipinski definition) is 0. The average molecular weight is 702 g/mol. The Hall–Kier alpha value is -3.77. The van der Waals surface area contributed by atoms with E-state index in [-0.39, 0.29) is 70.0 Å². The SMILES string of the molecule is CC(C)(C)OC(=O)c1ccc(-c2nn(C(=O)c3c(Cl)cccc3C3(C(F)(F)F)CC3)c3c2CCC(C(=O)N2CCC4(COC4)C2)C3)c(F)c1. The Bertz CT molecular complexity index is 1870. The van der Waals surface area contributed by atoms with Crippen LogP contribution < -0.4 is 0 Å². The summed E-state index contributed by atoms with van der Waals surface area (Å²) in [6.07, 6.45) is -3.39. The van der Waals surface area contributed by atoms with Gasteiger partial charge in [-0.15, -0.1) is 0 Å². The first-order chi connectivity index (χ1) is 23.0. The molecule has 2 aromatic carbocycles. The summed E-state index contributed by atoms with van der Waals surface area (Å²) in [7, 11) is 0. The van der Waals surface area contributed by atoms with Gasteiger partial charge in [-0.25, -0.2) is 9.18 Å². The highest BCUT2D eigenvalue weighted by atomic mass is 35.5. The smallest absolute Gasteiger partial charge is 0.398 e. The van der Waals surface area contributed by atoms with Crippen LogP contribution in [0.15, 0.2) is 36.4 Å². The number of amides is 1. The van der Waals surface area contributed by atoms with Crippen molar-refractivity contribution in [3.05, 3.63) is 75.2 Å². The molecule has 49 heavy (non-hydrogen) atoms. The first-order valence-electron chi connectivity index (χ1n) is 16.4. The maximum atomic E-state index is 15.8. The summed E-state index contributed by atoms with van der Waals surface area (Å²) in [6.45, 7) is 7.46. The molecular formula is C36H36ClF4N3O5. The predicted molar refractivity (Wildman–Crippen MR) is 171 cm³/mol. The Balaban J connectivity index is 1.30. The van der Waals surface area contributed by atoms with Gasteiger partial charge in [-0.1, -0.05) is 23.7 Å². The Morgan fingerprint density at radius 3 is 2.39 bits per heavy atom. The van der Waals surface area contributed by atoms with E-state index >= 15 is 4.39 Å². The molecule has 8 nitrogen and oxygen atoms in total. The zero-order valence-electron chi connectivity index (χ0n) is 27.4. The van der Waals surface area contributed by atoms with Crippen molar-refractivity contribution in [2.24, 2.45) is 11.3 Å². The summed E-state index contributed by atoms with van der Waals surface area (Å²) < 4.78 is 70.7. The number of alkyl halides is 3. The topological polar surface area (TPSA) is 90.7 Å². The lowest BCUT2D eigenvalue weighted by Gasteiger charge is -2.38. The molecule has 4 aliphatic rings. The lowest BCUT2D eigenvalue weighted by molar-refractivity contribution is -0.160. The van der Waals surface area contributed by atoms with Gasteiger partial charge in [0.2, 0.25) is 5.91 Å². The first-order valence-corrected chi connectivity index (χ1v) is 16.8. The molecule has 2 aliphatic heterocycles. The molecule has 3 heterocycles. The quantitative estimate of drug-likeness (QED) is 0.212. The van der Waals surface area contributed by atoms with Crippen molar-refractivity contribution < 1.29 is 41.4 Å². The number of fused-ring (bicyclic) bond motifs is 1. The molecule has 7 rings (SSSR count). The third-order valence-electron chi connectivity index (χ3n) is 10.3. The Morgan fingerprint density at radius 2 is 1.80 bits per heavy atom. The number of ether oxygens (including phenoxy) is 2. The minimum atomic E-state index is -4.61. The number of esters is 1. The van der Waals surface area contributed by atoms with Gasteiger partial charge in [0, 0.05) is 42.0 Å². The third-order valence-corrected chi connectivity index (χ3v) is 10.6. The summed E-state index contributed by atoms with van der Waals surface area (Å²) in [6, 6.07) is 7.82. The highest BCUT2D eigenvalue weighted by Gasteiger charge is 2.65. The molecule has 1 saturated carbocycles. The molecule has 1 amide bonds. The normalized spacial score (nSPS) is 20.9. The highest BCUT2D eigenvalue weighted by molar-refractivity contribution is 6.34. The molecule has 2 saturated heterocycles. The number of nitrogens with zero attached hydrogens (tertiary/aromatic N) is 3. The van der Waals surface area contributed by atoms with Crippen molar-refractivity contribution in [1.29, 1.82) is 0 Å². The van der Waals surface area contributed by atoms with Crippen LogP contribution in [0.3, 0.4) is 0 Å². The Morgan fingerprint density at radius 1 is 1.06 bits per heavy atom. The second kappa shape index (κ2) is 11.7. The van der Waals surface area contributed by atoms with E-state index in [0.717, 1.165) is 17.2 Å². The fourth-order valence-corrected chi connectivity index (χ4v) is 7.72. The van der Waals surface area contributed by atoms with Crippen LogP contribution in [0.4, 0.5) is 17.6 Å². The van der Waals surface area contributed by atoms with Crippen molar-refractivity contribution in [2.45, 2.75) is 76.5 Å². The van der Waals surface area contributed by atoms with Gasteiger partial charge in [-0.2, -0.15) is 23.0 Å². The van der Waals surface area contributed by atoms with Crippen molar-refractivity contribution >= 4 is 29.4 Å². The molecule has 0 radical (unpaired) electrons. The van der Waals surface area contributed by atoms with E-state index in [2.05, 4.69) is 5.10 Å². The minimum Gasteiger partial charge on any atom is -0.456 e. The number of likely N-dealkylation sites (tertiary alicyclic amines) is 1. The second-order valence-electron chi connectivity index (χ2n) is 14.9. The average Bonchev–Trinajstić information content (AvgIpc) is 3.57. The van der Waals surface area contributed by atoms with Crippen LogP contribution in [0, 0.1) is 17.2 Å². The highest BCUT2D eigenvalue weighted by Crippen LogP contribution is 2.60. The van der Waals surface area contributed by atoms with Gasteiger partial charge in [-0.3, -0.25) is 9.59 Å². The predicted octanol–water partition coefficient (Wildman–Crippen LogP) is 6.93. The van der Waals surface area contributed by atoms with Crippen LogP contribution in [0.1, 0.15) is 84.0 Å². The second-order valence-corrected chi connectivity index (χ2v) is 15.3.